The van der Waals surface area contributed by atoms with E-state index < -0.39 is 28.6 Å². The molecule has 3 aromatic carbocycles. The van der Waals surface area contributed by atoms with Gasteiger partial charge in [0.15, 0.2) is 6.10 Å². The van der Waals surface area contributed by atoms with Crippen molar-refractivity contribution in [2.24, 2.45) is 0 Å². The Balaban J connectivity index is 1.50. The summed E-state index contributed by atoms with van der Waals surface area (Å²) in [6, 6.07) is 20.3. The summed E-state index contributed by atoms with van der Waals surface area (Å²) in [6.45, 7) is -0.224. The number of halogens is 1. The standard InChI is InChI=1S/C26H26ClN3O6S/c1-29(37(33,34)19-12-13-22(35-2)20(27)14-19)17-25(31)30-16-24(36-23-11-7-6-10-21(23)30)26(32)28-15-18-8-4-3-5-9-18/h3-14,24H,15-17H2,1-2H3,(H,28,32). The van der Waals surface area contributed by atoms with Crippen LogP contribution in [0.3, 0.4) is 0 Å². The Hall–Kier alpha value is -3.60. The van der Waals surface area contributed by atoms with E-state index in [2.05, 4.69) is 5.32 Å². The number of hydrogen-bond acceptors (Lipinski definition) is 6. The number of nitrogens with zero attached hydrogens (tertiary/aromatic N) is 2. The fourth-order valence-corrected chi connectivity index (χ4v) is 5.32. The molecule has 4 rings (SSSR count). The van der Waals surface area contributed by atoms with Crippen LogP contribution in [-0.4, -0.2) is 57.9 Å². The second-order valence-electron chi connectivity index (χ2n) is 8.34. The monoisotopic (exact) mass is 543 g/mol. The number of carbonyl (C=O) groups is 2. The predicted octanol–water partition coefficient (Wildman–Crippen LogP) is 3.08. The van der Waals surface area contributed by atoms with E-state index in [0.29, 0.717) is 23.7 Å². The van der Waals surface area contributed by atoms with Gasteiger partial charge in [-0.15, -0.1) is 0 Å². The zero-order valence-corrected chi connectivity index (χ0v) is 21.8. The lowest BCUT2D eigenvalue weighted by atomic mass is 10.1. The third-order valence-corrected chi connectivity index (χ3v) is 7.96. The number of benzene rings is 3. The molecule has 0 radical (unpaired) electrons. The van der Waals surface area contributed by atoms with E-state index in [9.17, 15) is 18.0 Å². The van der Waals surface area contributed by atoms with E-state index in [1.54, 1.807) is 24.3 Å². The molecule has 1 N–H and O–H groups in total. The van der Waals surface area contributed by atoms with Gasteiger partial charge >= 0.3 is 0 Å². The molecule has 0 saturated heterocycles. The quantitative estimate of drug-likeness (QED) is 0.468. The summed E-state index contributed by atoms with van der Waals surface area (Å²) < 4.78 is 38.1. The molecule has 1 unspecified atom stereocenters. The first-order chi connectivity index (χ1) is 17.7. The number of fused-ring (bicyclic) bond motifs is 1. The number of amides is 2. The summed E-state index contributed by atoms with van der Waals surface area (Å²) in [5.41, 5.74) is 1.38. The number of sulfonamides is 1. The van der Waals surface area contributed by atoms with Gasteiger partial charge in [0, 0.05) is 13.6 Å². The van der Waals surface area contributed by atoms with E-state index in [1.165, 1.54) is 37.3 Å². The molecule has 194 valence electrons. The van der Waals surface area contributed by atoms with Crippen molar-refractivity contribution < 1.29 is 27.5 Å². The largest absolute Gasteiger partial charge is 0.495 e. The maximum absolute atomic E-state index is 13.4. The lowest BCUT2D eigenvalue weighted by Gasteiger charge is -2.35. The molecule has 0 saturated carbocycles. The highest BCUT2D eigenvalue weighted by atomic mass is 35.5. The van der Waals surface area contributed by atoms with Crippen molar-refractivity contribution in [3.8, 4) is 11.5 Å². The summed E-state index contributed by atoms with van der Waals surface area (Å²) in [5.74, 6) is -0.206. The number of para-hydroxylation sites is 2. The minimum absolute atomic E-state index is 0.0707. The minimum Gasteiger partial charge on any atom is -0.495 e. The Morgan fingerprint density at radius 1 is 1.11 bits per heavy atom. The number of anilines is 1. The average Bonchev–Trinajstić information content (AvgIpc) is 2.91. The summed E-state index contributed by atoms with van der Waals surface area (Å²) in [4.78, 5) is 27.5. The Morgan fingerprint density at radius 2 is 1.81 bits per heavy atom. The van der Waals surface area contributed by atoms with Crippen LogP contribution in [0.25, 0.3) is 0 Å². The molecule has 1 aliphatic heterocycles. The minimum atomic E-state index is -4.03. The number of ether oxygens (including phenoxy) is 2. The van der Waals surface area contributed by atoms with Crippen LogP contribution in [0.1, 0.15) is 5.56 Å². The van der Waals surface area contributed by atoms with Gasteiger partial charge in [-0.25, -0.2) is 8.42 Å². The van der Waals surface area contributed by atoms with Crippen molar-refractivity contribution in [2.75, 3.05) is 32.1 Å². The van der Waals surface area contributed by atoms with Crippen molar-refractivity contribution in [1.82, 2.24) is 9.62 Å². The molecule has 2 amide bonds. The van der Waals surface area contributed by atoms with E-state index in [4.69, 9.17) is 21.1 Å². The number of nitrogens with one attached hydrogen (secondary N) is 1. The van der Waals surface area contributed by atoms with Crippen LogP contribution in [-0.2, 0) is 26.2 Å². The SMILES string of the molecule is COc1ccc(S(=O)(=O)N(C)CC(=O)N2CC(C(=O)NCc3ccccc3)Oc3ccccc32)cc1Cl. The van der Waals surface area contributed by atoms with Gasteiger partial charge in [0.1, 0.15) is 11.5 Å². The highest BCUT2D eigenvalue weighted by molar-refractivity contribution is 7.89. The number of rotatable bonds is 8. The van der Waals surface area contributed by atoms with E-state index >= 15 is 0 Å². The lowest BCUT2D eigenvalue weighted by molar-refractivity contribution is -0.128. The predicted molar refractivity (Wildman–Crippen MR) is 139 cm³/mol. The Kier molecular flexibility index (Phi) is 8.01. The third kappa shape index (κ3) is 5.87. The Bertz CT molecular complexity index is 1400. The molecule has 11 heteroatoms. The summed E-state index contributed by atoms with van der Waals surface area (Å²) in [6.07, 6.45) is -0.968. The average molecular weight is 544 g/mol. The Morgan fingerprint density at radius 3 is 2.51 bits per heavy atom. The lowest BCUT2D eigenvalue weighted by Crippen LogP contribution is -2.52. The number of carbonyl (C=O) groups excluding carboxylic acids is 2. The second kappa shape index (κ2) is 11.2. The molecule has 1 atom stereocenters. The molecular weight excluding hydrogens is 518 g/mol. The highest BCUT2D eigenvalue weighted by Gasteiger charge is 2.35. The van der Waals surface area contributed by atoms with Crippen molar-refractivity contribution in [3.05, 3.63) is 83.4 Å². The van der Waals surface area contributed by atoms with Crippen LogP contribution in [0, 0.1) is 0 Å². The van der Waals surface area contributed by atoms with Gasteiger partial charge in [-0.3, -0.25) is 9.59 Å². The first kappa shape index (κ1) is 26.5. The molecule has 3 aromatic rings. The first-order valence-electron chi connectivity index (χ1n) is 11.4. The normalized spacial score (nSPS) is 15.0. The van der Waals surface area contributed by atoms with Crippen LogP contribution in [0.4, 0.5) is 5.69 Å². The third-order valence-electron chi connectivity index (χ3n) is 5.87. The van der Waals surface area contributed by atoms with Crippen LogP contribution >= 0.6 is 11.6 Å². The molecule has 0 fully saturated rings. The van der Waals surface area contributed by atoms with Gasteiger partial charge in [0.05, 0.1) is 35.8 Å². The van der Waals surface area contributed by atoms with Crippen LogP contribution in [0.2, 0.25) is 5.02 Å². The van der Waals surface area contributed by atoms with Gasteiger partial charge in [-0.1, -0.05) is 54.1 Å². The molecule has 0 spiro atoms. The van der Waals surface area contributed by atoms with Crippen LogP contribution in [0.15, 0.2) is 77.7 Å². The first-order valence-corrected chi connectivity index (χ1v) is 13.2. The maximum atomic E-state index is 13.4. The molecule has 1 aliphatic rings. The van der Waals surface area contributed by atoms with E-state index in [-0.39, 0.29) is 22.4 Å². The zero-order chi connectivity index (χ0) is 26.6. The van der Waals surface area contributed by atoms with E-state index in [0.717, 1.165) is 9.87 Å². The van der Waals surface area contributed by atoms with Gasteiger partial charge < -0.3 is 19.7 Å². The number of methoxy groups -OCH3 is 1. The molecule has 1 heterocycles. The van der Waals surface area contributed by atoms with Crippen molar-refractivity contribution in [3.63, 3.8) is 0 Å². The van der Waals surface area contributed by atoms with Gasteiger partial charge in [0.2, 0.25) is 15.9 Å². The van der Waals surface area contributed by atoms with Gasteiger partial charge in [0.25, 0.3) is 5.91 Å². The molecular formula is C26H26ClN3O6S. The van der Waals surface area contributed by atoms with Crippen molar-refractivity contribution >= 4 is 39.1 Å². The summed E-state index contributed by atoms with van der Waals surface area (Å²) in [5, 5.41) is 2.96. The number of hydrogen-bond donors (Lipinski definition) is 1. The van der Waals surface area contributed by atoms with Crippen LogP contribution in [0.5, 0.6) is 11.5 Å². The second-order valence-corrected chi connectivity index (χ2v) is 10.8. The Labute approximate surface area is 220 Å². The molecule has 0 aromatic heterocycles. The zero-order valence-electron chi connectivity index (χ0n) is 20.3. The topological polar surface area (TPSA) is 105 Å². The molecule has 9 nitrogen and oxygen atoms in total. The maximum Gasteiger partial charge on any atom is 0.263 e. The smallest absolute Gasteiger partial charge is 0.263 e. The van der Waals surface area contributed by atoms with E-state index in [1.807, 2.05) is 30.3 Å². The molecule has 0 bridgehead atoms. The van der Waals surface area contributed by atoms with Gasteiger partial charge in [-0.05, 0) is 35.9 Å². The number of likely N-dealkylation sites (N-methyl/N-ethyl adjacent to an activating group) is 1. The fourth-order valence-electron chi connectivity index (χ4n) is 3.85. The molecule has 37 heavy (non-hydrogen) atoms. The van der Waals surface area contributed by atoms with Gasteiger partial charge in [-0.2, -0.15) is 4.31 Å². The van der Waals surface area contributed by atoms with Crippen molar-refractivity contribution in [2.45, 2.75) is 17.5 Å². The van der Waals surface area contributed by atoms with Crippen LogP contribution < -0.4 is 19.7 Å². The van der Waals surface area contributed by atoms with Crippen molar-refractivity contribution in [1.29, 1.82) is 0 Å². The fraction of sp³-hybridized carbons (Fsp3) is 0.231. The summed E-state index contributed by atoms with van der Waals surface area (Å²) >= 11 is 6.10. The molecule has 0 aliphatic carbocycles. The highest BCUT2D eigenvalue weighted by Crippen LogP contribution is 2.34. The summed E-state index contributed by atoms with van der Waals surface area (Å²) in [7, 11) is -1.30.